The van der Waals surface area contributed by atoms with E-state index in [9.17, 15) is 0 Å². The van der Waals surface area contributed by atoms with Gasteiger partial charge in [-0.2, -0.15) is 0 Å². The molecule has 0 aliphatic heterocycles. The van der Waals surface area contributed by atoms with E-state index >= 15 is 0 Å². The molecular weight excluding hydrogens is 295 g/mol. The predicted molar refractivity (Wildman–Crippen MR) is 73.7 cm³/mol. The first-order valence-corrected chi connectivity index (χ1v) is 6.22. The van der Waals surface area contributed by atoms with Crippen molar-refractivity contribution in [3.05, 3.63) is 51.1 Å². The zero-order valence-electron chi connectivity index (χ0n) is 9.16. The van der Waals surface area contributed by atoms with E-state index in [1.807, 2.05) is 0 Å². The Labute approximate surface area is 119 Å². The van der Waals surface area contributed by atoms with Crippen LogP contribution in [0, 0.1) is 0 Å². The number of nitrogens with zero attached hydrogens (tertiary/aromatic N) is 1. The van der Waals surface area contributed by atoms with Crippen LogP contribution in [0.4, 0.5) is 0 Å². The average Bonchev–Trinajstić information content (AvgIpc) is 2.37. The number of pyridine rings is 1. The number of benzene rings is 1. The minimum atomic E-state index is 0.235. The number of hydrogen-bond acceptors (Lipinski definition) is 3. The van der Waals surface area contributed by atoms with Crippen LogP contribution in [0.5, 0.6) is 11.6 Å². The third kappa shape index (κ3) is 2.87. The van der Waals surface area contributed by atoms with E-state index in [2.05, 4.69) is 4.98 Å². The van der Waals surface area contributed by atoms with Crippen LogP contribution in [0.1, 0.15) is 5.69 Å². The lowest BCUT2D eigenvalue weighted by atomic mass is 10.3. The standard InChI is InChI=1S/C12H9Cl3N2O/c13-7-4-5-11(17-9(7)6-16)18-10-3-1-2-8(14)12(10)15/h1-5H,6,16H2. The number of ether oxygens (including phenoxy) is 1. The summed E-state index contributed by atoms with van der Waals surface area (Å²) in [4.78, 5) is 4.18. The summed E-state index contributed by atoms with van der Waals surface area (Å²) in [6, 6.07) is 8.43. The van der Waals surface area contributed by atoms with Crippen molar-refractivity contribution in [1.29, 1.82) is 0 Å². The third-order valence-electron chi connectivity index (χ3n) is 2.22. The molecule has 94 valence electrons. The second-order valence-electron chi connectivity index (χ2n) is 3.44. The maximum absolute atomic E-state index is 6.01. The number of rotatable bonds is 3. The molecular formula is C12H9Cl3N2O. The SMILES string of the molecule is NCc1nc(Oc2cccc(Cl)c2Cl)ccc1Cl. The minimum absolute atomic E-state index is 0.235. The van der Waals surface area contributed by atoms with Gasteiger partial charge in [-0.25, -0.2) is 4.98 Å². The molecule has 1 aromatic carbocycles. The lowest BCUT2D eigenvalue weighted by Gasteiger charge is -2.09. The average molecular weight is 304 g/mol. The molecule has 2 N–H and O–H groups in total. The fourth-order valence-corrected chi connectivity index (χ4v) is 1.85. The molecule has 0 aliphatic rings. The van der Waals surface area contributed by atoms with Gasteiger partial charge in [0.1, 0.15) is 10.8 Å². The highest BCUT2D eigenvalue weighted by molar-refractivity contribution is 6.42. The summed E-state index contributed by atoms with van der Waals surface area (Å²) in [5, 5.41) is 1.26. The van der Waals surface area contributed by atoms with E-state index in [1.165, 1.54) is 0 Å². The van der Waals surface area contributed by atoms with Crippen LogP contribution in [-0.4, -0.2) is 4.98 Å². The van der Waals surface area contributed by atoms with Gasteiger partial charge in [-0.15, -0.1) is 0 Å². The Morgan fingerprint density at radius 3 is 2.56 bits per heavy atom. The Balaban J connectivity index is 2.31. The molecule has 0 unspecified atom stereocenters. The molecule has 2 aromatic rings. The second-order valence-corrected chi connectivity index (χ2v) is 4.63. The van der Waals surface area contributed by atoms with E-state index in [-0.39, 0.29) is 6.54 Å². The van der Waals surface area contributed by atoms with Crippen molar-refractivity contribution in [3.63, 3.8) is 0 Å². The van der Waals surface area contributed by atoms with Gasteiger partial charge in [0.25, 0.3) is 0 Å². The summed E-state index contributed by atoms with van der Waals surface area (Å²) < 4.78 is 5.55. The molecule has 0 aliphatic carbocycles. The lowest BCUT2D eigenvalue weighted by Crippen LogP contribution is -2.01. The number of halogens is 3. The number of aromatic nitrogens is 1. The zero-order valence-corrected chi connectivity index (χ0v) is 11.4. The maximum atomic E-state index is 6.01. The highest BCUT2D eigenvalue weighted by atomic mass is 35.5. The highest BCUT2D eigenvalue weighted by Gasteiger charge is 2.09. The Kier molecular flexibility index (Phi) is 4.30. The van der Waals surface area contributed by atoms with E-state index < -0.39 is 0 Å². The zero-order chi connectivity index (χ0) is 13.1. The highest BCUT2D eigenvalue weighted by Crippen LogP contribution is 2.34. The minimum Gasteiger partial charge on any atom is -0.437 e. The number of hydrogen-bond donors (Lipinski definition) is 1. The van der Waals surface area contributed by atoms with Crippen LogP contribution >= 0.6 is 34.8 Å². The Bertz CT molecular complexity index is 575. The fraction of sp³-hybridized carbons (Fsp3) is 0.0833. The monoisotopic (exact) mass is 302 g/mol. The van der Waals surface area contributed by atoms with Crippen LogP contribution in [0.2, 0.25) is 15.1 Å². The summed E-state index contributed by atoms with van der Waals surface area (Å²) in [6.07, 6.45) is 0. The first-order valence-electron chi connectivity index (χ1n) is 5.09. The second kappa shape index (κ2) is 5.76. The molecule has 18 heavy (non-hydrogen) atoms. The molecule has 0 saturated heterocycles. The van der Waals surface area contributed by atoms with Crippen molar-refractivity contribution in [3.8, 4) is 11.6 Å². The van der Waals surface area contributed by atoms with Crippen LogP contribution in [-0.2, 0) is 6.54 Å². The summed E-state index contributed by atoms with van der Waals surface area (Å²) in [5.41, 5.74) is 6.08. The maximum Gasteiger partial charge on any atom is 0.219 e. The van der Waals surface area contributed by atoms with E-state index in [0.29, 0.717) is 32.4 Å². The molecule has 1 heterocycles. The van der Waals surface area contributed by atoms with Crippen LogP contribution in [0.3, 0.4) is 0 Å². The normalized spacial score (nSPS) is 10.4. The lowest BCUT2D eigenvalue weighted by molar-refractivity contribution is 0.461. The Morgan fingerprint density at radius 1 is 1.06 bits per heavy atom. The summed E-state index contributed by atoms with van der Waals surface area (Å²) in [7, 11) is 0. The predicted octanol–water partition coefficient (Wildman–Crippen LogP) is 4.29. The molecule has 0 fully saturated rings. The Morgan fingerprint density at radius 2 is 1.83 bits per heavy atom. The molecule has 0 atom stereocenters. The molecule has 0 bridgehead atoms. The van der Waals surface area contributed by atoms with Crippen LogP contribution in [0.25, 0.3) is 0 Å². The first-order chi connectivity index (χ1) is 8.61. The smallest absolute Gasteiger partial charge is 0.219 e. The van der Waals surface area contributed by atoms with Gasteiger partial charge < -0.3 is 10.5 Å². The van der Waals surface area contributed by atoms with Crippen LogP contribution in [0.15, 0.2) is 30.3 Å². The molecule has 6 heteroatoms. The van der Waals surface area contributed by atoms with Crippen LogP contribution < -0.4 is 10.5 Å². The third-order valence-corrected chi connectivity index (χ3v) is 3.36. The molecule has 3 nitrogen and oxygen atoms in total. The summed E-state index contributed by atoms with van der Waals surface area (Å²) >= 11 is 17.8. The van der Waals surface area contributed by atoms with Gasteiger partial charge in [-0.3, -0.25) is 0 Å². The number of nitrogens with two attached hydrogens (primary N) is 1. The fourth-order valence-electron chi connectivity index (χ4n) is 1.34. The van der Waals surface area contributed by atoms with Gasteiger partial charge >= 0.3 is 0 Å². The van der Waals surface area contributed by atoms with E-state index in [0.717, 1.165) is 0 Å². The quantitative estimate of drug-likeness (QED) is 0.920. The van der Waals surface area contributed by atoms with E-state index in [1.54, 1.807) is 30.3 Å². The largest absolute Gasteiger partial charge is 0.437 e. The van der Waals surface area contributed by atoms with Gasteiger partial charge in [0.05, 0.1) is 15.7 Å². The first kappa shape index (κ1) is 13.4. The molecule has 0 spiro atoms. The molecule has 0 saturated carbocycles. The Hall–Kier alpha value is -1.000. The van der Waals surface area contributed by atoms with Crippen molar-refractivity contribution < 1.29 is 4.74 Å². The molecule has 2 rings (SSSR count). The van der Waals surface area contributed by atoms with Crippen molar-refractivity contribution in [2.24, 2.45) is 5.73 Å². The van der Waals surface area contributed by atoms with Crippen molar-refractivity contribution in [2.75, 3.05) is 0 Å². The van der Waals surface area contributed by atoms with Gasteiger partial charge in [0.15, 0.2) is 0 Å². The van der Waals surface area contributed by atoms with Crippen molar-refractivity contribution >= 4 is 34.8 Å². The van der Waals surface area contributed by atoms with Crippen molar-refractivity contribution in [1.82, 2.24) is 4.98 Å². The molecule has 0 radical (unpaired) electrons. The van der Waals surface area contributed by atoms with E-state index in [4.69, 9.17) is 45.3 Å². The molecule has 1 aromatic heterocycles. The van der Waals surface area contributed by atoms with Gasteiger partial charge in [0, 0.05) is 12.6 Å². The summed E-state index contributed by atoms with van der Waals surface area (Å²) in [6.45, 7) is 0.235. The van der Waals surface area contributed by atoms with Gasteiger partial charge in [0.2, 0.25) is 5.88 Å². The van der Waals surface area contributed by atoms with Gasteiger partial charge in [-0.05, 0) is 18.2 Å². The summed E-state index contributed by atoms with van der Waals surface area (Å²) in [5.74, 6) is 0.797. The van der Waals surface area contributed by atoms with Crippen molar-refractivity contribution in [2.45, 2.75) is 6.54 Å². The topological polar surface area (TPSA) is 48.1 Å². The molecule has 0 amide bonds. The van der Waals surface area contributed by atoms with Gasteiger partial charge in [-0.1, -0.05) is 40.9 Å².